The van der Waals surface area contributed by atoms with Crippen LogP contribution in [0.5, 0.6) is 0 Å². The molecule has 1 aromatic heterocycles. The first kappa shape index (κ1) is 14.0. The Morgan fingerprint density at radius 2 is 2.14 bits per heavy atom. The van der Waals surface area contributed by atoms with Gasteiger partial charge in [-0.25, -0.2) is 4.98 Å². The molecule has 2 unspecified atom stereocenters. The van der Waals surface area contributed by atoms with Gasteiger partial charge >= 0.3 is 0 Å². The van der Waals surface area contributed by atoms with Crippen LogP contribution < -0.4 is 5.73 Å². The SMILES string of the molecule is CC1CCN(C(=O)c2ccc3ccccc3n2)C(CN)C1. The predicted molar refractivity (Wildman–Crippen MR) is 84.0 cm³/mol. The van der Waals surface area contributed by atoms with Gasteiger partial charge in [-0.2, -0.15) is 0 Å². The van der Waals surface area contributed by atoms with E-state index >= 15 is 0 Å². The molecule has 0 spiro atoms. The molecule has 4 heteroatoms. The van der Waals surface area contributed by atoms with Crippen LogP contribution in [0.1, 0.15) is 30.3 Å². The van der Waals surface area contributed by atoms with Crippen molar-refractivity contribution >= 4 is 16.8 Å². The number of hydrogen-bond donors (Lipinski definition) is 1. The normalized spacial score (nSPS) is 22.5. The molecule has 1 saturated heterocycles. The molecule has 0 saturated carbocycles. The fourth-order valence-corrected chi connectivity index (χ4v) is 3.07. The molecule has 1 fully saturated rings. The number of likely N-dealkylation sites (tertiary alicyclic amines) is 1. The number of fused-ring (bicyclic) bond motifs is 1. The number of para-hydroxylation sites is 1. The Morgan fingerprint density at radius 3 is 2.95 bits per heavy atom. The molecular formula is C17H21N3O. The van der Waals surface area contributed by atoms with Crippen LogP contribution in [-0.4, -0.2) is 34.9 Å². The molecule has 1 aromatic carbocycles. The summed E-state index contributed by atoms with van der Waals surface area (Å²) in [5.74, 6) is 0.635. The van der Waals surface area contributed by atoms with Crippen LogP contribution in [0, 0.1) is 5.92 Å². The number of amides is 1. The first-order valence-corrected chi connectivity index (χ1v) is 7.56. The summed E-state index contributed by atoms with van der Waals surface area (Å²) in [5.41, 5.74) is 7.22. The second kappa shape index (κ2) is 5.82. The first-order chi connectivity index (χ1) is 10.2. The maximum atomic E-state index is 12.7. The average Bonchev–Trinajstić information content (AvgIpc) is 2.53. The van der Waals surface area contributed by atoms with E-state index in [2.05, 4.69) is 11.9 Å². The third kappa shape index (κ3) is 2.76. The molecule has 0 radical (unpaired) electrons. The summed E-state index contributed by atoms with van der Waals surface area (Å²) in [7, 11) is 0. The van der Waals surface area contributed by atoms with Gasteiger partial charge in [0.05, 0.1) is 5.52 Å². The summed E-state index contributed by atoms with van der Waals surface area (Å²) in [6.07, 6.45) is 2.02. The lowest BCUT2D eigenvalue weighted by Gasteiger charge is -2.37. The van der Waals surface area contributed by atoms with Gasteiger partial charge in [0.1, 0.15) is 5.69 Å². The van der Waals surface area contributed by atoms with Crippen molar-refractivity contribution in [1.29, 1.82) is 0 Å². The molecule has 2 heterocycles. The van der Waals surface area contributed by atoms with Gasteiger partial charge in [-0.05, 0) is 30.9 Å². The summed E-state index contributed by atoms with van der Waals surface area (Å²) in [4.78, 5) is 19.1. The van der Waals surface area contributed by atoms with Gasteiger partial charge in [0.2, 0.25) is 0 Å². The highest BCUT2D eigenvalue weighted by atomic mass is 16.2. The van der Waals surface area contributed by atoms with Crippen molar-refractivity contribution in [3.63, 3.8) is 0 Å². The molecule has 2 atom stereocenters. The second-order valence-corrected chi connectivity index (χ2v) is 5.91. The van der Waals surface area contributed by atoms with Crippen molar-refractivity contribution < 1.29 is 4.79 Å². The summed E-state index contributed by atoms with van der Waals surface area (Å²) in [6.45, 7) is 3.51. The fraction of sp³-hybridized carbons (Fsp3) is 0.412. The Bertz CT molecular complexity index is 655. The van der Waals surface area contributed by atoms with E-state index in [0.717, 1.165) is 30.3 Å². The maximum absolute atomic E-state index is 12.7. The van der Waals surface area contributed by atoms with Crippen molar-refractivity contribution in [3.8, 4) is 0 Å². The third-order valence-electron chi connectivity index (χ3n) is 4.33. The number of carbonyl (C=O) groups excluding carboxylic acids is 1. The highest BCUT2D eigenvalue weighted by Crippen LogP contribution is 2.23. The van der Waals surface area contributed by atoms with Gasteiger partial charge in [0.15, 0.2) is 0 Å². The van der Waals surface area contributed by atoms with Gasteiger partial charge in [-0.1, -0.05) is 31.2 Å². The first-order valence-electron chi connectivity index (χ1n) is 7.56. The van der Waals surface area contributed by atoms with E-state index in [0.29, 0.717) is 18.2 Å². The average molecular weight is 283 g/mol. The minimum atomic E-state index is 0.00287. The predicted octanol–water partition coefficient (Wildman–Crippen LogP) is 2.43. The van der Waals surface area contributed by atoms with E-state index in [1.165, 1.54) is 0 Å². The lowest BCUT2D eigenvalue weighted by molar-refractivity contribution is 0.0568. The van der Waals surface area contributed by atoms with Crippen molar-refractivity contribution in [2.75, 3.05) is 13.1 Å². The number of pyridine rings is 1. The zero-order valence-electron chi connectivity index (χ0n) is 12.3. The maximum Gasteiger partial charge on any atom is 0.272 e. The van der Waals surface area contributed by atoms with Gasteiger partial charge in [-0.3, -0.25) is 4.79 Å². The van der Waals surface area contributed by atoms with Crippen LogP contribution in [0.25, 0.3) is 10.9 Å². The minimum Gasteiger partial charge on any atom is -0.333 e. The number of benzene rings is 1. The monoisotopic (exact) mass is 283 g/mol. The van der Waals surface area contributed by atoms with Crippen LogP contribution in [0.2, 0.25) is 0 Å². The minimum absolute atomic E-state index is 0.00287. The van der Waals surface area contributed by atoms with Gasteiger partial charge in [-0.15, -0.1) is 0 Å². The number of rotatable bonds is 2. The van der Waals surface area contributed by atoms with Crippen LogP contribution >= 0.6 is 0 Å². The van der Waals surface area contributed by atoms with E-state index in [1.54, 1.807) is 0 Å². The number of hydrogen-bond acceptors (Lipinski definition) is 3. The smallest absolute Gasteiger partial charge is 0.272 e. The van der Waals surface area contributed by atoms with E-state index in [9.17, 15) is 4.79 Å². The molecule has 1 aliphatic rings. The summed E-state index contributed by atoms with van der Waals surface area (Å²) >= 11 is 0. The van der Waals surface area contributed by atoms with Gasteiger partial charge in [0.25, 0.3) is 5.91 Å². The van der Waals surface area contributed by atoms with Gasteiger partial charge in [0, 0.05) is 24.5 Å². The quantitative estimate of drug-likeness (QED) is 0.921. The van der Waals surface area contributed by atoms with Crippen LogP contribution in [0.4, 0.5) is 0 Å². The molecule has 1 amide bonds. The number of carbonyl (C=O) groups is 1. The Labute approximate surface area is 125 Å². The Kier molecular flexibility index (Phi) is 3.88. The number of nitrogens with zero attached hydrogens (tertiary/aromatic N) is 2. The third-order valence-corrected chi connectivity index (χ3v) is 4.33. The molecule has 3 rings (SSSR count). The zero-order valence-corrected chi connectivity index (χ0v) is 12.3. The largest absolute Gasteiger partial charge is 0.333 e. The lowest BCUT2D eigenvalue weighted by Crippen LogP contribution is -2.49. The Morgan fingerprint density at radius 1 is 1.33 bits per heavy atom. The Balaban J connectivity index is 1.88. The van der Waals surface area contributed by atoms with Crippen molar-refractivity contribution in [2.24, 2.45) is 11.7 Å². The van der Waals surface area contributed by atoms with Crippen molar-refractivity contribution in [1.82, 2.24) is 9.88 Å². The fourth-order valence-electron chi connectivity index (χ4n) is 3.07. The number of aromatic nitrogens is 1. The van der Waals surface area contributed by atoms with Crippen LogP contribution in [0.3, 0.4) is 0 Å². The lowest BCUT2D eigenvalue weighted by atomic mass is 9.92. The molecule has 0 bridgehead atoms. The van der Waals surface area contributed by atoms with Crippen LogP contribution in [0.15, 0.2) is 36.4 Å². The molecule has 4 nitrogen and oxygen atoms in total. The molecule has 21 heavy (non-hydrogen) atoms. The highest BCUT2D eigenvalue weighted by molar-refractivity contribution is 5.95. The Hall–Kier alpha value is -1.94. The molecule has 0 aliphatic carbocycles. The molecule has 2 aromatic rings. The molecular weight excluding hydrogens is 262 g/mol. The van der Waals surface area contributed by atoms with Crippen LogP contribution in [-0.2, 0) is 0 Å². The van der Waals surface area contributed by atoms with Crippen molar-refractivity contribution in [2.45, 2.75) is 25.8 Å². The standard InChI is InChI=1S/C17H21N3O/c1-12-8-9-20(14(10-12)11-18)17(21)16-7-6-13-4-2-3-5-15(13)19-16/h2-7,12,14H,8-11,18H2,1H3. The molecule has 110 valence electrons. The van der Waals surface area contributed by atoms with Gasteiger partial charge < -0.3 is 10.6 Å². The van der Waals surface area contributed by atoms with E-state index in [-0.39, 0.29) is 11.9 Å². The summed E-state index contributed by atoms with van der Waals surface area (Å²) < 4.78 is 0. The molecule has 2 N–H and O–H groups in total. The summed E-state index contributed by atoms with van der Waals surface area (Å²) in [5, 5.41) is 1.05. The number of nitrogens with two attached hydrogens (primary N) is 1. The van der Waals surface area contributed by atoms with E-state index in [1.807, 2.05) is 41.3 Å². The molecule has 1 aliphatic heterocycles. The number of piperidine rings is 1. The highest BCUT2D eigenvalue weighted by Gasteiger charge is 2.30. The topological polar surface area (TPSA) is 59.2 Å². The van der Waals surface area contributed by atoms with E-state index < -0.39 is 0 Å². The zero-order chi connectivity index (χ0) is 14.8. The van der Waals surface area contributed by atoms with Crippen molar-refractivity contribution in [3.05, 3.63) is 42.1 Å². The van der Waals surface area contributed by atoms with E-state index in [4.69, 9.17) is 5.73 Å². The summed E-state index contributed by atoms with van der Waals surface area (Å²) in [6, 6.07) is 11.8. The second-order valence-electron chi connectivity index (χ2n) is 5.91.